The van der Waals surface area contributed by atoms with Crippen molar-refractivity contribution in [3.8, 4) is 17.2 Å². The number of carbonyl (C=O) groups excluding carboxylic acids is 1. The maximum Gasteiger partial charge on any atom is 0.363 e. The summed E-state index contributed by atoms with van der Waals surface area (Å²) in [6.45, 7) is 2.06. The molecule has 0 spiro atoms. The van der Waals surface area contributed by atoms with E-state index in [-0.39, 0.29) is 12.3 Å². The number of benzene rings is 2. The van der Waals surface area contributed by atoms with Crippen LogP contribution in [0.3, 0.4) is 0 Å². The highest BCUT2D eigenvalue weighted by Gasteiger charge is 2.20. The Kier molecular flexibility index (Phi) is 5.22. The average Bonchev–Trinajstić information content (AvgIpc) is 3.11. The molecular formula is C20H20N2O4. The molecule has 0 fully saturated rings. The summed E-state index contributed by atoms with van der Waals surface area (Å²) >= 11 is 0. The van der Waals surface area contributed by atoms with Crippen molar-refractivity contribution in [2.24, 2.45) is 0 Å². The van der Waals surface area contributed by atoms with Gasteiger partial charge in [-0.05, 0) is 31.2 Å². The molecule has 0 aliphatic rings. The summed E-state index contributed by atoms with van der Waals surface area (Å²) in [5, 5.41) is 4.31. The fourth-order valence-electron chi connectivity index (χ4n) is 2.59. The van der Waals surface area contributed by atoms with E-state index >= 15 is 0 Å². The second kappa shape index (κ2) is 7.74. The Hall–Kier alpha value is -3.28. The number of carbonyl (C=O) groups is 1. The topological polar surface area (TPSA) is 62.6 Å². The quantitative estimate of drug-likeness (QED) is 0.635. The maximum absolute atomic E-state index is 12.5. The molecule has 0 N–H and O–H groups in total. The molecule has 0 aliphatic heterocycles. The zero-order valence-corrected chi connectivity index (χ0v) is 14.9. The summed E-state index contributed by atoms with van der Waals surface area (Å²) in [6.07, 6.45) is 1.65. The Morgan fingerprint density at radius 2 is 1.77 bits per heavy atom. The molecule has 1 heterocycles. The number of hydrogen-bond acceptors (Lipinski definition) is 5. The first-order valence-electron chi connectivity index (χ1n) is 8.12. The fourth-order valence-corrected chi connectivity index (χ4v) is 2.59. The molecule has 0 aliphatic carbocycles. The van der Waals surface area contributed by atoms with Gasteiger partial charge in [-0.1, -0.05) is 29.8 Å². The third-order valence-corrected chi connectivity index (χ3v) is 3.91. The first-order valence-corrected chi connectivity index (χ1v) is 8.12. The molecule has 3 aromatic rings. The Balaban J connectivity index is 1.80. The number of hydrogen-bond donors (Lipinski definition) is 0. The van der Waals surface area contributed by atoms with Gasteiger partial charge < -0.3 is 14.2 Å². The molecule has 3 rings (SSSR count). The highest BCUT2D eigenvalue weighted by molar-refractivity contribution is 5.90. The monoisotopic (exact) mass is 352 g/mol. The minimum Gasteiger partial charge on any atom is -0.496 e. The van der Waals surface area contributed by atoms with E-state index in [1.54, 1.807) is 18.0 Å². The summed E-state index contributed by atoms with van der Waals surface area (Å²) in [5.41, 5.74) is 2.80. The van der Waals surface area contributed by atoms with E-state index in [9.17, 15) is 4.79 Å². The van der Waals surface area contributed by atoms with Crippen molar-refractivity contribution >= 4 is 5.97 Å². The van der Waals surface area contributed by atoms with E-state index in [2.05, 4.69) is 5.10 Å². The van der Waals surface area contributed by atoms with Gasteiger partial charge in [0.25, 0.3) is 0 Å². The largest absolute Gasteiger partial charge is 0.496 e. The zero-order valence-electron chi connectivity index (χ0n) is 14.9. The van der Waals surface area contributed by atoms with E-state index in [4.69, 9.17) is 14.2 Å². The number of aromatic nitrogens is 2. The Morgan fingerprint density at radius 3 is 2.46 bits per heavy atom. The number of nitrogens with zero attached hydrogens (tertiary/aromatic N) is 2. The van der Waals surface area contributed by atoms with E-state index in [1.165, 1.54) is 7.11 Å². The number of esters is 1. The first-order chi connectivity index (χ1) is 12.6. The number of rotatable bonds is 6. The van der Waals surface area contributed by atoms with Crippen molar-refractivity contribution in [1.82, 2.24) is 9.78 Å². The van der Waals surface area contributed by atoms with Gasteiger partial charge in [0.2, 0.25) is 5.69 Å². The van der Waals surface area contributed by atoms with Crippen LogP contribution in [0.1, 0.15) is 21.6 Å². The van der Waals surface area contributed by atoms with Crippen LogP contribution in [-0.2, 0) is 11.3 Å². The summed E-state index contributed by atoms with van der Waals surface area (Å²) in [4.78, 5) is 12.5. The average molecular weight is 352 g/mol. The summed E-state index contributed by atoms with van der Waals surface area (Å²) in [5.74, 6) is 0.473. The van der Waals surface area contributed by atoms with Crippen LogP contribution in [0.4, 0.5) is 0 Å². The lowest BCUT2D eigenvalue weighted by atomic mass is 10.1. The highest BCUT2D eigenvalue weighted by atomic mass is 16.5. The lowest BCUT2D eigenvalue weighted by molar-refractivity contribution is 0.0459. The summed E-state index contributed by atoms with van der Waals surface area (Å²) in [6, 6.07) is 15.2. The molecular weight excluding hydrogens is 332 g/mol. The summed E-state index contributed by atoms with van der Waals surface area (Å²) in [7, 11) is 3.08. The van der Waals surface area contributed by atoms with Gasteiger partial charge in [0.05, 0.1) is 26.1 Å². The van der Waals surface area contributed by atoms with Gasteiger partial charge in [0.1, 0.15) is 12.4 Å². The number of ether oxygens (including phenoxy) is 3. The van der Waals surface area contributed by atoms with Crippen LogP contribution in [0.15, 0.2) is 54.7 Å². The van der Waals surface area contributed by atoms with Gasteiger partial charge in [-0.25, -0.2) is 9.48 Å². The van der Waals surface area contributed by atoms with Gasteiger partial charge in [-0.2, -0.15) is 5.10 Å². The Labute approximate surface area is 151 Å². The van der Waals surface area contributed by atoms with E-state index in [1.807, 2.05) is 55.5 Å². The number of aryl methyl sites for hydroxylation is 1. The maximum atomic E-state index is 12.5. The van der Waals surface area contributed by atoms with Crippen molar-refractivity contribution < 1.29 is 19.0 Å². The molecule has 1 aromatic heterocycles. The van der Waals surface area contributed by atoms with E-state index < -0.39 is 5.97 Å². The minimum absolute atomic E-state index is 0.0883. The highest BCUT2D eigenvalue weighted by Crippen LogP contribution is 2.23. The lowest BCUT2D eigenvalue weighted by Gasteiger charge is -2.10. The third-order valence-electron chi connectivity index (χ3n) is 3.91. The predicted molar refractivity (Wildman–Crippen MR) is 97.0 cm³/mol. The lowest BCUT2D eigenvalue weighted by Crippen LogP contribution is -2.09. The van der Waals surface area contributed by atoms with Crippen LogP contribution in [0.5, 0.6) is 11.5 Å². The number of para-hydroxylation sites is 1. The van der Waals surface area contributed by atoms with Crippen LogP contribution >= 0.6 is 0 Å². The van der Waals surface area contributed by atoms with Crippen LogP contribution in [0, 0.1) is 6.92 Å². The van der Waals surface area contributed by atoms with Crippen LogP contribution in [0.25, 0.3) is 5.69 Å². The van der Waals surface area contributed by atoms with Crippen molar-refractivity contribution in [3.05, 3.63) is 71.5 Å². The van der Waals surface area contributed by atoms with Crippen LogP contribution in [0.2, 0.25) is 0 Å². The molecule has 6 heteroatoms. The molecule has 6 nitrogen and oxygen atoms in total. The van der Waals surface area contributed by atoms with Gasteiger partial charge >= 0.3 is 5.97 Å². The smallest absolute Gasteiger partial charge is 0.363 e. The van der Waals surface area contributed by atoms with Crippen molar-refractivity contribution in [3.63, 3.8) is 0 Å². The van der Waals surface area contributed by atoms with E-state index in [0.29, 0.717) is 11.5 Å². The SMILES string of the molecule is COc1ccc(C)cc1COC(=O)c1nn(-c2ccccc2)cc1OC. The predicted octanol–water partition coefficient (Wildman–Crippen LogP) is 3.55. The van der Waals surface area contributed by atoms with Crippen molar-refractivity contribution in [2.75, 3.05) is 14.2 Å². The van der Waals surface area contributed by atoms with Gasteiger partial charge in [-0.15, -0.1) is 0 Å². The molecule has 134 valence electrons. The Morgan fingerprint density at radius 1 is 1.04 bits per heavy atom. The first kappa shape index (κ1) is 17.5. The molecule has 0 saturated heterocycles. The van der Waals surface area contributed by atoms with Gasteiger partial charge in [0.15, 0.2) is 5.75 Å². The van der Waals surface area contributed by atoms with Gasteiger partial charge in [0, 0.05) is 5.56 Å². The molecule has 0 amide bonds. The molecule has 0 radical (unpaired) electrons. The second-order valence-corrected chi connectivity index (χ2v) is 5.72. The minimum atomic E-state index is -0.555. The Bertz CT molecular complexity index is 903. The number of methoxy groups -OCH3 is 2. The third kappa shape index (κ3) is 3.69. The molecule has 0 atom stereocenters. The second-order valence-electron chi connectivity index (χ2n) is 5.72. The molecule has 0 saturated carbocycles. The van der Waals surface area contributed by atoms with Crippen molar-refractivity contribution in [2.45, 2.75) is 13.5 Å². The molecule has 0 bridgehead atoms. The van der Waals surface area contributed by atoms with Gasteiger partial charge in [-0.3, -0.25) is 0 Å². The standard InChI is InChI=1S/C20H20N2O4/c1-14-9-10-17(24-2)15(11-14)13-26-20(23)19-18(25-3)12-22(21-19)16-7-5-4-6-8-16/h4-12H,13H2,1-3H3. The van der Waals surface area contributed by atoms with Crippen LogP contribution in [-0.4, -0.2) is 30.0 Å². The fraction of sp³-hybridized carbons (Fsp3) is 0.200. The molecule has 2 aromatic carbocycles. The zero-order chi connectivity index (χ0) is 18.5. The summed E-state index contributed by atoms with van der Waals surface area (Å²) < 4.78 is 17.6. The normalized spacial score (nSPS) is 10.4. The molecule has 0 unspecified atom stereocenters. The van der Waals surface area contributed by atoms with E-state index in [0.717, 1.165) is 16.8 Å². The van der Waals surface area contributed by atoms with Crippen molar-refractivity contribution in [1.29, 1.82) is 0 Å². The molecule has 26 heavy (non-hydrogen) atoms. The van der Waals surface area contributed by atoms with Crippen LogP contribution < -0.4 is 9.47 Å².